The van der Waals surface area contributed by atoms with Gasteiger partial charge in [-0.3, -0.25) is 14.6 Å². The minimum absolute atomic E-state index is 0.0671. The molecule has 0 saturated heterocycles. The van der Waals surface area contributed by atoms with E-state index in [4.69, 9.17) is 9.47 Å². The van der Waals surface area contributed by atoms with Gasteiger partial charge in [-0.1, -0.05) is 120 Å². The van der Waals surface area contributed by atoms with E-state index < -0.39 is 30.3 Å². The average molecular weight is 983 g/mol. The fourth-order valence-electron chi connectivity index (χ4n) is 6.71. The molecule has 0 bridgehead atoms. The van der Waals surface area contributed by atoms with E-state index in [9.17, 15) is 24.3 Å². The normalized spacial score (nSPS) is 12.6. The number of para-hydroxylation sites is 1. The van der Waals surface area contributed by atoms with Gasteiger partial charge in [-0.05, 0) is 54.9 Å². The third-order valence-electron chi connectivity index (χ3n) is 10.3. The van der Waals surface area contributed by atoms with Gasteiger partial charge in [-0.15, -0.1) is 40.4 Å². The van der Waals surface area contributed by atoms with Crippen LogP contribution in [0.3, 0.4) is 0 Å². The van der Waals surface area contributed by atoms with Gasteiger partial charge >= 0.3 is 18.1 Å². The molecule has 16 heteroatoms. The molecule has 13 nitrogen and oxygen atoms in total. The second-order valence-electron chi connectivity index (χ2n) is 16.8. The molecule has 0 fully saturated rings. The molecule has 0 aliphatic heterocycles. The number of thioether (sulfide) groups is 1. The number of nitrogens with one attached hydrogen (secondary N) is 3. The van der Waals surface area contributed by atoms with Gasteiger partial charge in [0.05, 0.1) is 50.4 Å². The Morgan fingerprint density at radius 2 is 1.54 bits per heavy atom. The molecule has 68 heavy (non-hydrogen) atoms. The minimum atomic E-state index is -1.05. The summed E-state index contributed by atoms with van der Waals surface area (Å²) < 4.78 is 10.6. The van der Waals surface area contributed by atoms with Crippen LogP contribution in [0, 0.1) is 17.8 Å². The summed E-state index contributed by atoms with van der Waals surface area (Å²) in [7, 11) is 1.68. The van der Waals surface area contributed by atoms with E-state index in [1.165, 1.54) is 29.6 Å². The molecule has 2 heterocycles. The number of hydrogen-bond acceptors (Lipinski definition) is 12. The first-order chi connectivity index (χ1) is 32.7. The predicted octanol–water partition coefficient (Wildman–Crippen LogP) is 9.80. The zero-order valence-corrected chi connectivity index (χ0v) is 42.6. The molecule has 4 N–H and O–H groups in total. The number of rotatable bonds is 22. The first kappa shape index (κ1) is 54.9. The van der Waals surface area contributed by atoms with Crippen LogP contribution >= 0.6 is 34.4 Å². The Morgan fingerprint density at radius 3 is 2.16 bits per heavy atom. The third kappa shape index (κ3) is 20.2. The van der Waals surface area contributed by atoms with E-state index in [0.717, 1.165) is 50.2 Å². The average Bonchev–Trinajstić information content (AvgIpc) is 4.03. The molecule has 0 radical (unpaired) electrons. The lowest BCUT2D eigenvalue weighted by atomic mass is 9.93. The largest absolute Gasteiger partial charge is 0.444 e. The van der Waals surface area contributed by atoms with Crippen LogP contribution in [-0.4, -0.2) is 81.0 Å². The van der Waals surface area contributed by atoms with Crippen LogP contribution in [0.25, 0.3) is 0 Å². The maximum absolute atomic E-state index is 13.9. The second kappa shape index (κ2) is 29.9. The summed E-state index contributed by atoms with van der Waals surface area (Å²) in [5.74, 6) is 7.03. The highest BCUT2D eigenvalue weighted by molar-refractivity contribution is 7.99. The Hall–Kier alpha value is -5.73. The van der Waals surface area contributed by atoms with Gasteiger partial charge in [0.25, 0.3) is 0 Å². The molecular weight excluding hydrogens is 917 g/mol. The van der Waals surface area contributed by atoms with E-state index in [0.29, 0.717) is 31.1 Å². The summed E-state index contributed by atoms with van der Waals surface area (Å²) in [6.45, 7) is 11.8. The number of urea groups is 1. The summed E-state index contributed by atoms with van der Waals surface area (Å²) >= 11 is 4.55. The number of alkyl carbamates (subject to hydrolysis) is 1. The van der Waals surface area contributed by atoms with Crippen LogP contribution in [0.15, 0.2) is 107 Å². The Balaban J connectivity index is 0.000000469. The highest BCUT2D eigenvalue weighted by Gasteiger charge is 2.31. The molecule has 0 unspecified atom stereocenters. The number of carbonyl (C=O) groups excluding carboxylic acids is 4. The number of esters is 1. The lowest BCUT2D eigenvalue weighted by Crippen LogP contribution is -2.55. The molecule has 3 aromatic carbocycles. The maximum Gasteiger partial charge on any atom is 0.407 e. The number of aromatic nitrogens is 2. The molecule has 4 amide bonds. The molecule has 0 spiro atoms. The van der Waals surface area contributed by atoms with Crippen molar-refractivity contribution in [3.63, 3.8) is 0 Å². The van der Waals surface area contributed by atoms with Crippen molar-refractivity contribution in [2.75, 3.05) is 12.8 Å². The van der Waals surface area contributed by atoms with Crippen LogP contribution in [0.2, 0.25) is 0 Å². The lowest BCUT2D eigenvalue weighted by Gasteiger charge is -2.30. The van der Waals surface area contributed by atoms with Crippen LogP contribution in [0.1, 0.15) is 99.8 Å². The van der Waals surface area contributed by atoms with E-state index in [-0.39, 0.29) is 36.9 Å². The highest BCUT2D eigenvalue weighted by Crippen LogP contribution is 2.29. The van der Waals surface area contributed by atoms with Gasteiger partial charge < -0.3 is 35.4 Å². The minimum Gasteiger partial charge on any atom is -0.444 e. The summed E-state index contributed by atoms with van der Waals surface area (Å²) in [5, 5.41) is 23.5. The third-order valence-corrected chi connectivity index (χ3v) is 13.2. The quantitative estimate of drug-likeness (QED) is 0.0172. The van der Waals surface area contributed by atoms with Gasteiger partial charge in [0.1, 0.15) is 18.4 Å². The number of aliphatic hydroxyl groups is 1. The van der Waals surface area contributed by atoms with Crippen molar-refractivity contribution in [2.45, 2.75) is 128 Å². The van der Waals surface area contributed by atoms with Gasteiger partial charge in [-0.25, -0.2) is 14.6 Å². The van der Waals surface area contributed by atoms with E-state index in [2.05, 4.69) is 58.5 Å². The Morgan fingerprint density at radius 1 is 0.868 bits per heavy atom. The number of thiazole rings is 2. The van der Waals surface area contributed by atoms with Gasteiger partial charge in [-0.2, -0.15) is 0 Å². The maximum atomic E-state index is 13.9. The van der Waals surface area contributed by atoms with Crippen LogP contribution in [0.5, 0.6) is 5.75 Å². The Labute approximate surface area is 414 Å². The number of unbranched alkanes of at least 4 members (excludes halogenated alkanes) is 2. The summed E-state index contributed by atoms with van der Waals surface area (Å²) in [6, 6.07) is 24.3. The van der Waals surface area contributed by atoms with Crippen molar-refractivity contribution in [1.82, 2.24) is 30.8 Å². The van der Waals surface area contributed by atoms with Crippen molar-refractivity contribution in [3.05, 3.63) is 129 Å². The number of hydrogen-bond donors (Lipinski definition) is 4. The SMILES string of the molecule is CC(C)c1nc(CN(C)C(=O)N[C@H](C(=O)N[C@@H](Cc2ccccc2)C[C@H](O)[C@H](Cc2ccccc2)NC(=O)OCc2cncs2)C(C)C)cs1.CCCCC#CCSc1ccccc1OC(C)=O. The predicted molar refractivity (Wildman–Crippen MR) is 273 cm³/mol. The van der Waals surface area contributed by atoms with E-state index in [1.807, 2.05) is 98.1 Å². The summed E-state index contributed by atoms with van der Waals surface area (Å²) in [6.07, 6.45) is 4.13. The zero-order chi connectivity index (χ0) is 49.3. The second-order valence-corrected chi connectivity index (χ2v) is 19.7. The standard InChI is InChI=1S/C37H48N6O5S2.C15H18O2S/c1-24(2)33(42-36(46)43(5)20-29-22-49-35(40-29)25(3)4)34(45)39-28(16-26-12-8-6-9-13-26)18-32(44)31(17-27-14-10-7-11-15-27)41-37(47)48-21-30-19-38-23-50-30;1-3-4-5-6-9-12-18-15-11-8-7-10-14(15)17-13(2)16/h6-15,19,22-25,28,31-33,44H,16-18,20-21H2,1-5H3,(H,39,45)(H,41,47)(H,42,46);7-8,10-11H,3-5,12H2,1-2H3/t28-,31-,32-,33-;/m0./s1. The number of aliphatic hydroxyl groups excluding tert-OH is 1. The molecule has 0 saturated carbocycles. The number of benzene rings is 3. The number of ether oxygens (including phenoxy) is 2. The van der Waals surface area contributed by atoms with Crippen molar-refractivity contribution in [3.8, 4) is 17.6 Å². The first-order valence-electron chi connectivity index (χ1n) is 22.9. The van der Waals surface area contributed by atoms with Gasteiger partial charge in [0, 0.05) is 43.9 Å². The number of carbonyl (C=O) groups is 4. The Bertz CT molecular complexity index is 2330. The number of nitrogens with zero attached hydrogens (tertiary/aromatic N) is 3. The fourth-order valence-corrected chi connectivity index (χ4v) is 8.80. The molecular formula is C52H66N6O7S3. The molecule has 5 rings (SSSR count). The van der Waals surface area contributed by atoms with Crippen molar-refractivity contribution >= 4 is 58.4 Å². The molecule has 2 aromatic heterocycles. The first-order valence-corrected chi connectivity index (χ1v) is 25.7. The van der Waals surface area contributed by atoms with E-state index in [1.54, 1.807) is 47.9 Å². The molecule has 0 aliphatic rings. The molecule has 4 atom stereocenters. The van der Waals surface area contributed by atoms with E-state index >= 15 is 0 Å². The Kier molecular flexibility index (Phi) is 24.1. The molecule has 364 valence electrons. The van der Waals surface area contributed by atoms with Crippen LogP contribution in [-0.2, 0) is 40.3 Å². The highest BCUT2D eigenvalue weighted by atomic mass is 32.2. The topological polar surface area (TPSA) is 172 Å². The zero-order valence-electron chi connectivity index (χ0n) is 40.1. The fraction of sp³-hybridized carbons (Fsp3) is 0.423. The summed E-state index contributed by atoms with van der Waals surface area (Å²) in [4.78, 5) is 62.9. The summed E-state index contributed by atoms with van der Waals surface area (Å²) in [5.41, 5.74) is 4.35. The number of amides is 4. The smallest absolute Gasteiger partial charge is 0.407 e. The van der Waals surface area contributed by atoms with Crippen molar-refractivity contribution < 1.29 is 33.8 Å². The lowest BCUT2D eigenvalue weighted by molar-refractivity contribution is -0.132. The van der Waals surface area contributed by atoms with Crippen molar-refractivity contribution in [1.29, 1.82) is 0 Å². The van der Waals surface area contributed by atoms with Crippen molar-refractivity contribution in [2.24, 2.45) is 5.92 Å². The van der Waals surface area contributed by atoms with Gasteiger partial charge in [0.2, 0.25) is 5.91 Å². The van der Waals surface area contributed by atoms with Crippen LogP contribution < -0.4 is 20.7 Å². The van der Waals surface area contributed by atoms with Gasteiger partial charge in [0.15, 0.2) is 0 Å². The van der Waals surface area contributed by atoms with Crippen LogP contribution in [0.4, 0.5) is 9.59 Å². The molecule has 5 aromatic rings. The monoisotopic (exact) mass is 982 g/mol. The molecule has 0 aliphatic carbocycles.